The lowest BCUT2D eigenvalue weighted by molar-refractivity contribution is -0.124. The molecule has 2 heterocycles. The molecule has 3 rings (SSSR count). The second-order valence-corrected chi connectivity index (χ2v) is 5.69. The molecule has 2 aromatic rings. The van der Waals surface area contributed by atoms with Crippen molar-refractivity contribution in [3.63, 3.8) is 0 Å². The van der Waals surface area contributed by atoms with E-state index in [0.717, 1.165) is 18.4 Å². The van der Waals surface area contributed by atoms with Gasteiger partial charge in [-0.25, -0.2) is 4.98 Å². The molecule has 1 aliphatic rings. The number of aryl methyl sites for hydroxylation is 1. The van der Waals surface area contributed by atoms with Crippen LogP contribution in [0.25, 0.3) is 0 Å². The van der Waals surface area contributed by atoms with Crippen LogP contribution in [0.3, 0.4) is 0 Å². The number of nitrogens with zero attached hydrogens (tertiary/aromatic N) is 1. The third-order valence-electron chi connectivity index (χ3n) is 3.86. The average Bonchev–Trinajstić information content (AvgIpc) is 3.12. The molecule has 0 bridgehead atoms. The maximum Gasteiger partial charge on any atom is 0.256 e. The van der Waals surface area contributed by atoms with Gasteiger partial charge in [0.15, 0.2) is 0 Å². The molecule has 1 fully saturated rings. The first kappa shape index (κ1) is 16.1. The number of hydrogen-bond donors (Lipinski definition) is 2. The Bertz CT molecular complexity index is 755. The van der Waals surface area contributed by atoms with Crippen molar-refractivity contribution in [3.8, 4) is 0 Å². The molecule has 0 saturated carbocycles. The van der Waals surface area contributed by atoms with Crippen molar-refractivity contribution in [2.75, 3.05) is 17.2 Å². The first-order valence-electron chi connectivity index (χ1n) is 7.89. The normalized spacial score (nSPS) is 16.6. The van der Waals surface area contributed by atoms with Crippen LogP contribution >= 0.6 is 0 Å². The van der Waals surface area contributed by atoms with Gasteiger partial charge in [-0.15, -0.1) is 0 Å². The first-order chi connectivity index (χ1) is 11.6. The molecule has 1 aromatic heterocycles. The third-order valence-corrected chi connectivity index (χ3v) is 3.86. The van der Waals surface area contributed by atoms with Crippen molar-refractivity contribution in [2.24, 2.45) is 0 Å². The number of ether oxygens (including phenoxy) is 1. The van der Waals surface area contributed by atoms with Crippen LogP contribution in [-0.2, 0) is 9.53 Å². The highest BCUT2D eigenvalue weighted by molar-refractivity contribution is 6.05. The van der Waals surface area contributed by atoms with Gasteiger partial charge in [-0.2, -0.15) is 0 Å². The zero-order chi connectivity index (χ0) is 16.9. The van der Waals surface area contributed by atoms with Crippen LogP contribution in [0.15, 0.2) is 42.6 Å². The topological polar surface area (TPSA) is 80.3 Å². The van der Waals surface area contributed by atoms with Gasteiger partial charge in [0.05, 0.1) is 0 Å². The van der Waals surface area contributed by atoms with Gasteiger partial charge >= 0.3 is 0 Å². The summed E-state index contributed by atoms with van der Waals surface area (Å²) in [5, 5.41) is 5.57. The smallest absolute Gasteiger partial charge is 0.256 e. The molecule has 0 radical (unpaired) electrons. The van der Waals surface area contributed by atoms with Gasteiger partial charge in [0.25, 0.3) is 11.8 Å². The maximum atomic E-state index is 12.4. The van der Waals surface area contributed by atoms with Crippen LogP contribution < -0.4 is 10.6 Å². The van der Waals surface area contributed by atoms with E-state index in [1.807, 2.05) is 19.1 Å². The van der Waals surface area contributed by atoms with Crippen LogP contribution in [0, 0.1) is 6.92 Å². The van der Waals surface area contributed by atoms with E-state index in [4.69, 9.17) is 4.74 Å². The number of aromatic nitrogens is 1. The van der Waals surface area contributed by atoms with Gasteiger partial charge in [-0.1, -0.05) is 12.1 Å². The minimum absolute atomic E-state index is 0.175. The molecule has 6 heteroatoms. The molecule has 1 aliphatic heterocycles. The molecule has 1 atom stereocenters. The molecule has 2 amide bonds. The monoisotopic (exact) mass is 325 g/mol. The Balaban J connectivity index is 1.69. The predicted molar refractivity (Wildman–Crippen MR) is 91.0 cm³/mol. The average molecular weight is 325 g/mol. The Morgan fingerprint density at radius 1 is 1.21 bits per heavy atom. The van der Waals surface area contributed by atoms with Crippen LogP contribution in [0.2, 0.25) is 0 Å². The number of nitrogens with one attached hydrogen (secondary N) is 2. The summed E-state index contributed by atoms with van der Waals surface area (Å²) in [6.45, 7) is 2.49. The molecule has 1 aromatic carbocycles. The number of anilines is 2. The first-order valence-corrected chi connectivity index (χ1v) is 7.89. The molecule has 2 N–H and O–H groups in total. The summed E-state index contributed by atoms with van der Waals surface area (Å²) >= 11 is 0. The van der Waals surface area contributed by atoms with E-state index in [-0.39, 0.29) is 11.8 Å². The van der Waals surface area contributed by atoms with Crippen molar-refractivity contribution < 1.29 is 14.3 Å². The van der Waals surface area contributed by atoms with Crippen molar-refractivity contribution in [3.05, 3.63) is 53.7 Å². The molecule has 124 valence electrons. The molecule has 24 heavy (non-hydrogen) atoms. The highest BCUT2D eigenvalue weighted by Gasteiger charge is 2.23. The minimum atomic E-state index is -0.404. The standard InChI is InChI=1S/C18H19N3O3/c1-12-5-3-9-19-16(12)21-17(22)13-6-2-7-14(11-13)20-18(23)15-8-4-10-24-15/h2-3,5-7,9,11,15H,4,8,10H2,1H3,(H,20,23)(H,19,21,22). The van der Waals surface area contributed by atoms with Crippen molar-refractivity contribution in [1.82, 2.24) is 4.98 Å². The van der Waals surface area contributed by atoms with Crippen LogP contribution in [0.1, 0.15) is 28.8 Å². The number of amides is 2. The van der Waals surface area contributed by atoms with E-state index < -0.39 is 6.10 Å². The van der Waals surface area contributed by atoms with Gasteiger partial charge in [-0.05, 0) is 49.6 Å². The predicted octanol–water partition coefficient (Wildman–Crippen LogP) is 2.76. The molecular weight excluding hydrogens is 306 g/mol. The SMILES string of the molecule is Cc1cccnc1NC(=O)c1cccc(NC(=O)C2CCCO2)c1. The van der Waals surface area contributed by atoms with E-state index in [0.29, 0.717) is 23.7 Å². The number of benzene rings is 1. The lowest BCUT2D eigenvalue weighted by Gasteiger charge is -2.11. The van der Waals surface area contributed by atoms with Crippen LogP contribution in [0.5, 0.6) is 0 Å². The fourth-order valence-corrected chi connectivity index (χ4v) is 2.54. The fraction of sp³-hybridized carbons (Fsp3) is 0.278. The Morgan fingerprint density at radius 2 is 2.08 bits per heavy atom. The third kappa shape index (κ3) is 3.78. The number of rotatable bonds is 4. The van der Waals surface area contributed by atoms with E-state index in [2.05, 4.69) is 15.6 Å². The second-order valence-electron chi connectivity index (χ2n) is 5.69. The summed E-state index contributed by atoms with van der Waals surface area (Å²) < 4.78 is 5.36. The van der Waals surface area contributed by atoms with Gasteiger partial charge in [0.2, 0.25) is 0 Å². The highest BCUT2D eigenvalue weighted by atomic mass is 16.5. The lowest BCUT2D eigenvalue weighted by Crippen LogP contribution is -2.27. The summed E-state index contributed by atoms with van der Waals surface area (Å²) in [4.78, 5) is 28.6. The zero-order valence-corrected chi connectivity index (χ0v) is 13.4. The van der Waals surface area contributed by atoms with Crippen molar-refractivity contribution in [1.29, 1.82) is 0 Å². The number of pyridine rings is 1. The zero-order valence-electron chi connectivity index (χ0n) is 13.4. The Hall–Kier alpha value is -2.73. The number of hydrogen-bond acceptors (Lipinski definition) is 4. The lowest BCUT2D eigenvalue weighted by atomic mass is 10.1. The second kappa shape index (κ2) is 7.23. The van der Waals surface area contributed by atoms with Crippen molar-refractivity contribution in [2.45, 2.75) is 25.9 Å². The molecule has 1 saturated heterocycles. The fourth-order valence-electron chi connectivity index (χ4n) is 2.54. The van der Waals surface area contributed by atoms with Gasteiger partial charge in [0, 0.05) is 24.1 Å². The van der Waals surface area contributed by atoms with E-state index in [9.17, 15) is 9.59 Å². The largest absolute Gasteiger partial charge is 0.368 e. The van der Waals surface area contributed by atoms with Crippen LogP contribution in [-0.4, -0.2) is 29.5 Å². The number of carbonyl (C=O) groups excluding carboxylic acids is 2. The maximum absolute atomic E-state index is 12.4. The highest BCUT2D eigenvalue weighted by Crippen LogP contribution is 2.17. The summed E-state index contributed by atoms with van der Waals surface area (Å²) in [6.07, 6.45) is 2.84. The van der Waals surface area contributed by atoms with Crippen LogP contribution in [0.4, 0.5) is 11.5 Å². The van der Waals surface area contributed by atoms with Gasteiger partial charge in [0.1, 0.15) is 11.9 Å². The summed E-state index contributed by atoms with van der Waals surface area (Å²) in [7, 11) is 0. The molecule has 0 aliphatic carbocycles. The van der Waals surface area contributed by atoms with Gasteiger partial charge < -0.3 is 15.4 Å². The van der Waals surface area contributed by atoms with E-state index in [1.165, 1.54) is 0 Å². The van der Waals surface area contributed by atoms with E-state index in [1.54, 1.807) is 30.5 Å². The summed E-state index contributed by atoms with van der Waals surface area (Å²) in [6, 6.07) is 10.5. The Labute approximate surface area is 140 Å². The quantitative estimate of drug-likeness (QED) is 0.906. The number of carbonyl (C=O) groups is 2. The van der Waals surface area contributed by atoms with E-state index >= 15 is 0 Å². The molecule has 0 spiro atoms. The van der Waals surface area contributed by atoms with Crippen molar-refractivity contribution >= 4 is 23.3 Å². The molecular formula is C18H19N3O3. The Kier molecular flexibility index (Phi) is 4.86. The summed E-state index contributed by atoms with van der Waals surface area (Å²) in [5.41, 5.74) is 1.90. The summed E-state index contributed by atoms with van der Waals surface area (Å²) in [5.74, 6) is 0.0759. The Morgan fingerprint density at radius 3 is 2.83 bits per heavy atom. The molecule has 6 nitrogen and oxygen atoms in total. The minimum Gasteiger partial charge on any atom is -0.368 e. The van der Waals surface area contributed by atoms with Gasteiger partial charge in [-0.3, -0.25) is 9.59 Å². The molecule has 1 unspecified atom stereocenters.